The Balaban J connectivity index is 1.92. The second-order valence-electron chi connectivity index (χ2n) is 4.20. The molecule has 0 bridgehead atoms. The Hall–Kier alpha value is -1.08. The summed E-state index contributed by atoms with van der Waals surface area (Å²) >= 11 is 10.9. The van der Waals surface area contributed by atoms with E-state index in [0.29, 0.717) is 0 Å². The fraction of sp³-hybridized carbons (Fsp3) is 0.125. The molecule has 0 amide bonds. The van der Waals surface area contributed by atoms with E-state index in [0.717, 1.165) is 31.0 Å². The van der Waals surface area contributed by atoms with Gasteiger partial charge in [0, 0.05) is 11.1 Å². The predicted molar refractivity (Wildman–Crippen MR) is 105 cm³/mol. The van der Waals surface area contributed by atoms with Gasteiger partial charge in [0.05, 0.1) is 22.6 Å². The smallest absolute Gasteiger partial charge is 0.118 e. The van der Waals surface area contributed by atoms with Gasteiger partial charge in [-0.25, -0.2) is 0 Å². The van der Waals surface area contributed by atoms with Crippen LogP contribution >= 0.6 is 46.0 Å². The van der Waals surface area contributed by atoms with Crippen LogP contribution in [0.15, 0.2) is 48.5 Å². The molecule has 0 aromatic heterocycles. The van der Waals surface area contributed by atoms with Gasteiger partial charge in [-0.2, -0.15) is 0 Å². The summed E-state index contributed by atoms with van der Waals surface area (Å²) in [7, 11) is 6.27. The minimum absolute atomic E-state index is 0.795. The summed E-state index contributed by atoms with van der Waals surface area (Å²) in [5.41, 5.74) is 1.98. The first-order valence-electron chi connectivity index (χ1n) is 6.35. The Morgan fingerprint density at radius 2 is 1.00 bits per heavy atom. The fourth-order valence-corrected chi connectivity index (χ4v) is 4.16. The van der Waals surface area contributed by atoms with Crippen molar-refractivity contribution in [1.82, 2.24) is 0 Å². The lowest BCUT2D eigenvalue weighted by molar-refractivity contribution is 0.414. The zero-order valence-electron chi connectivity index (χ0n) is 12.1. The molecule has 0 heterocycles. The molecule has 0 spiro atoms. The second-order valence-corrected chi connectivity index (χ2v) is 7.68. The molecule has 0 saturated carbocycles. The zero-order chi connectivity index (χ0) is 15.9. The lowest BCUT2D eigenvalue weighted by atomic mass is 10.2. The van der Waals surface area contributed by atoms with Gasteiger partial charge >= 0.3 is 0 Å². The van der Waals surface area contributed by atoms with Crippen molar-refractivity contribution >= 4 is 54.4 Å². The summed E-state index contributed by atoms with van der Waals surface area (Å²) in [5, 5.41) is 0. The summed E-state index contributed by atoms with van der Waals surface area (Å²) in [5.74, 6) is 1.64. The van der Waals surface area contributed by atoms with Crippen molar-refractivity contribution in [2.75, 3.05) is 14.2 Å². The highest BCUT2D eigenvalue weighted by Crippen LogP contribution is 2.32. The van der Waals surface area contributed by atoms with E-state index in [9.17, 15) is 0 Å². The number of hydrogen-bond donors (Lipinski definition) is 0. The van der Waals surface area contributed by atoms with Gasteiger partial charge in [0.1, 0.15) is 11.5 Å². The summed E-state index contributed by atoms with van der Waals surface area (Å²) in [6, 6.07) is 15.4. The molecular formula is C16H14O2S4. The van der Waals surface area contributed by atoms with Crippen LogP contribution in [0.3, 0.4) is 0 Å². The molecule has 2 aromatic carbocycles. The lowest BCUT2D eigenvalue weighted by Gasteiger charge is -2.06. The van der Waals surface area contributed by atoms with Crippen LogP contribution in [0.25, 0.3) is 0 Å². The summed E-state index contributed by atoms with van der Waals surface area (Å²) in [4.78, 5) is 0. The fourth-order valence-electron chi connectivity index (χ4n) is 1.63. The number of thiocarbonyl (C=S) groups is 2. The van der Waals surface area contributed by atoms with Gasteiger partial charge in [0.25, 0.3) is 0 Å². The van der Waals surface area contributed by atoms with Gasteiger partial charge in [0.15, 0.2) is 0 Å². The standard InChI is InChI=1S/C16H14O2S4/c1-17-13-7-3-11(4-8-13)15(19)21-22-16(20)12-5-9-14(18-2)10-6-12/h3-10H,1-2H3. The van der Waals surface area contributed by atoms with E-state index in [1.54, 1.807) is 14.2 Å². The Morgan fingerprint density at radius 1 is 0.682 bits per heavy atom. The summed E-state index contributed by atoms with van der Waals surface area (Å²) in [6.45, 7) is 0. The summed E-state index contributed by atoms with van der Waals surface area (Å²) in [6.07, 6.45) is 0. The molecule has 0 saturated heterocycles. The first-order chi connectivity index (χ1) is 10.6. The first kappa shape index (κ1) is 17.3. The third kappa shape index (κ3) is 4.71. The molecule has 2 rings (SSSR count). The quantitative estimate of drug-likeness (QED) is 0.547. The maximum absolute atomic E-state index is 5.43. The maximum atomic E-state index is 5.43. The van der Waals surface area contributed by atoms with Crippen molar-refractivity contribution in [3.8, 4) is 11.5 Å². The molecule has 0 unspecified atom stereocenters. The lowest BCUT2D eigenvalue weighted by Crippen LogP contribution is -1.94. The predicted octanol–water partition coefficient (Wildman–Crippen LogP) is 5.14. The molecule has 2 nitrogen and oxygen atoms in total. The van der Waals surface area contributed by atoms with Crippen molar-refractivity contribution in [2.45, 2.75) is 0 Å². The Kier molecular flexibility index (Phi) is 6.70. The van der Waals surface area contributed by atoms with E-state index < -0.39 is 0 Å². The SMILES string of the molecule is COc1ccc(C(=S)SSC(=S)c2ccc(OC)cc2)cc1. The minimum atomic E-state index is 0.795. The van der Waals surface area contributed by atoms with E-state index in [4.69, 9.17) is 33.9 Å². The van der Waals surface area contributed by atoms with Gasteiger partial charge < -0.3 is 9.47 Å². The van der Waals surface area contributed by atoms with Gasteiger partial charge in [0.2, 0.25) is 0 Å². The maximum Gasteiger partial charge on any atom is 0.118 e. The number of rotatable bonds is 4. The zero-order valence-corrected chi connectivity index (χ0v) is 15.3. The highest BCUT2D eigenvalue weighted by Gasteiger charge is 2.08. The molecule has 0 atom stereocenters. The van der Waals surface area contributed by atoms with E-state index in [1.807, 2.05) is 48.5 Å². The topological polar surface area (TPSA) is 18.5 Å². The largest absolute Gasteiger partial charge is 0.497 e. The van der Waals surface area contributed by atoms with Crippen LogP contribution in [0.1, 0.15) is 11.1 Å². The highest BCUT2D eigenvalue weighted by atomic mass is 33.1. The summed E-state index contributed by atoms with van der Waals surface area (Å²) < 4.78 is 11.9. The number of hydrogen-bond acceptors (Lipinski definition) is 6. The van der Waals surface area contributed by atoms with Crippen LogP contribution in [0.2, 0.25) is 0 Å². The molecule has 0 aliphatic carbocycles. The number of methoxy groups -OCH3 is 2. The van der Waals surface area contributed by atoms with E-state index in [1.165, 1.54) is 21.6 Å². The van der Waals surface area contributed by atoms with Gasteiger partial charge in [-0.15, -0.1) is 0 Å². The number of benzene rings is 2. The van der Waals surface area contributed by atoms with Crippen LogP contribution in [0, 0.1) is 0 Å². The molecule has 0 aliphatic rings. The van der Waals surface area contributed by atoms with E-state index >= 15 is 0 Å². The van der Waals surface area contributed by atoms with Gasteiger partial charge in [-0.1, -0.05) is 24.4 Å². The van der Waals surface area contributed by atoms with Crippen LogP contribution in [0.4, 0.5) is 0 Å². The van der Waals surface area contributed by atoms with E-state index in [2.05, 4.69) is 0 Å². The van der Waals surface area contributed by atoms with Crippen LogP contribution in [-0.4, -0.2) is 22.6 Å². The van der Waals surface area contributed by atoms with Crippen LogP contribution in [-0.2, 0) is 0 Å². The van der Waals surface area contributed by atoms with Crippen LogP contribution in [0.5, 0.6) is 11.5 Å². The van der Waals surface area contributed by atoms with Crippen molar-refractivity contribution < 1.29 is 9.47 Å². The molecule has 22 heavy (non-hydrogen) atoms. The van der Waals surface area contributed by atoms with Gasteiger partial charge in [-0.3, -0.25) is 0 Å². The molecule has 0 radical (unpaired) electrons. The molecule has 0 aliphatic heterocycles. The molecule has 114 valence electrons. The monoisotopic (exact) mass is 366 g/mol. The molecule has 2 aromatic rings. The van der Waals surface area contributed by atoms with Crippen LogP contribution < -0.4 is 9.47 Å². The Bertz CT molecular complexity index is 591. The molecular weight excluding hydrogens is 352 g/mol. The molecule has 6 heteroatoms. The number of ether oxygens (including phenoxy) is 2. The molecule has 0 N–H and O–H groups in total. The third-order valence-electron chi connectivity index (χ3n) is 2.84. The van der Waals surface area contributed by atoms with E-state index in [-0.39, 0.29) is 0 Å². The average Bonchev–Trinajstić information content (AvgIpc) is 2.59. The Morgan fingerprint density at radius 3 is 1.27 bits per heavy atom. The second kappa shape index (κ2) is 8.53. The Labute approximate surface area is 149 Å². The molecule has 0 fully saturated rings. The highest BCUT2D eigenvalue weighted by molar-refractivity contribution is 8.90. The third-order valence-corrected chi connectivity index (χ3v) is 6.56. The average molecular weight is 367 g/mol. The minimum Gasteiger partial charge on any atom is -0.497 e. The van der Waals surface area contributed by atoms with Crippen molar-refractivity contribution in [3.63, 3.8) is 0 Å². The van der Waals surface area contributed by atoms with Crippen molar-refractivity contribution in [3.05, 3.63) is 59.7 Å². The normalized spacial score (nSPS) is 10.1. The van der Waals surface area contributed by atoms with Crippen molar-refractivity contribution in [1.29, 1.82) is 0 Å². The first-order valence-corrected chi connectivity index (χ1v) is 9.32. The van der Waals surface area contributed by atoms with Crippen molar-refractivity contribution in [2.24, 2.45) is 0 Å². The van der Waals surface area contributed by atoms with Gasteiger partial charge in [-0.05, 0) is 70.1 Å².